The summed E-state index contributed by atoms with van der Waals surface area (Å²) < 4.78 is 69.6. The fraction of sp³-hybridized carbons (Fsp3) is 0.115. The first kappa shape index (κ1) is 27.4. The van der Waals surface area contributed by atoms with E-state index in [2.05, 4.69) is 9.71 Å². The number of nitrogens with one attached hydrogen (secondary N) is 1. The Morgan fingerprint density at radius 3 is 2.51 bits per heavy atom. The van der Waals surface area contributed by atoms with E-state index in [4.69, 9.17) is 32.7 Å². The van der Waals surface area contributed by atoms with Crippen LogP contribution in [0.1, 0.15) is 5.56 Å². The average Bonchev–Trinajstić information content (AvgIpc) is 3.43. The minimum absolute atomic E-state index is 0.0524. The second-order valence-corrected chi connectivity index (χ2v) is 12.4. The van der Waals surface area contributed by atoms with Gasteiger partial charge in [0.2, 0.25) is 15.9 Å². The Morgan fingerprint density at radius 1 is 1.05 bits per heavy atom. The molecule has 0 aliphatic heterocycles. The van der Waals surface area contributed by atoms with Crippen molar-refractivity contribution >= 4 is 55.5 Å². The van der Waals surface area contributed by atoms with Crippen molar-refractivity contribution in [1.29, 1.82) is 0 Å². The summed E-state index contributed by atoms with van der Waals surface area (Å²) in [7, 11) is -0.618. The van der Waals surface area contributed by atoms with Gasteiger partial charge in [0.05, 0.1) is 11.4 Å². The number of aromatic nitrogens is 2. The first-order chi connectivity index (χ1) is 18.6. The summed E-state index contributed by atoms with van der Waals surface area (Å²) in [4.78, 5) is 4.15. The molecule has 0 bridgehead atoms. The van der Waals surface area contributed by atoms with Gasteiger partial charge in [0.15, 0.2) is 11.6 Å². The molecule has 5 rings (SSSR count). The summed E-state index contributed by atoms with van der Waals surface area (Å²) in [5.41, 5.74) is 2.52. The maximum absolute atomic E-state index is 14.5. The van der Waals surface area contributed by atoms with E-state index in [0.717, 1.165) is 28.9 Å². The molecule has 1 N–H and O–H groups in total. The number of fused-ring (bicyclic) bond motifs is 1. The van der Waals surface area contributed by atoms with Gasteiger partial charge in [-0.15, -0.1) is 11.3 Å². The molecule has 0 aliphatic carbocycles. The third kappa shape index (κ3) is 5.45. The number of halogens is 4. The predicted molar refractivity (Wildman–Crippen MR) is 147 cm³/mol. The van der Waals surface area contributed by atoms with Gasteiger partial charge < -0.3 is 14.0 Å². The van der Waals surface area contributed by atoms with Crippen LogP contribution in [0.3, 0.4) is 0 Å². The van der Waals surface area contributed by atoms with E-state index < -0.39 is 21.7 Å². The van der Waals surface area contributed by atoms with Crippen LogP contribution in [0.4, 0.5) is 8.78 Å². The van der Waals surface area contributed by atoms with Gasteiger partial charge in [-0.1, -0.05) is 29.3 Å². The molecule has 7 nitrogen and oxygen atoms in total. The van der Waals surface area contributed by atoms with Gasteiger partial charge in [-0.3, -0.25) is 0 Å². The molecule has 0 aliphatic rings. The summed E-state index contributed by atoms with van der Waals surface area (Å²) >= 11 is 12.9. The Balaban J connectivity index is 1.58. The zero-order valence-electron chi connectivity index (χ0n) is 20.3. The van der Waals surface area contributed by atoms with Crippen molar-refractivity contribution in [2.75, 3.05) is 7.11 Å². The van der Waals surface area contributed by atoms with Crippen LogP contribution in [0.5, 0.6) is 17.4 Å². The molecule has 0 amide bonds. The lowest BCUT2D eigenvalue weighted by atomic mass is 10.0. The summed E-state index contributed by atoms with van der Waals surface area (Å²) in [6, 6.07) is 11.1. The van der Waals surface area contributed by atoms with Crippen molar-refractivity contribution in [3.63, 3.8) is 0 Å². The summed E-state index contributed by atoms with van der Waals surface area (Å²) in [5.74, 6) is -1.10. The Kier molecular flexibility index (Phi) is 7.53. The normalized spacial score (nSPS) is 11.7. The Hall–Kier alpha value is -3.22. The van der Waals surface area contributed by atoms with E-state index in [0.29, 0.717) is 28.1 Å². The molecule has 0 saturated carbocycles. The molecule has 5 aromatic rings. The SMILES string of the molecule is COc1nccc2c(-c3cc(CNS(=O)(=O)c4cc(Cl)sc4Cl)ccc3Oc3ccc(F)cc3F)cn(C)c12. The average molecular weight is 610 g/mol. The van der Waals surface area contributed by atoms with E-state index in [1.54, 1.807) is 30.5 Å². The molecule has 13 heteroatoms. The van der Waals surface area contributed by atoms with Crippen LogP contribution in [0.25, 0.3) is 22.0 Å². The number of ether oxygens (including phenoxy) is 2. The smallest absolute Gasteiger partial charge is 0.243 e. The molecule has 3 aromatic heterocycles. The van der Waals surface area contributed by atoms with Gasteiger partial charge in [-0.25, -0.2) is 26.9 Å². The summed E-state index contributed by atoms with van der Waals surface area (Å²) in [6.45, 7) is -0.0834. The third-order valence-electron chi connectivity index (χ3n) is 5.88. The van der Waals surface area contributed by atoms with Gasteiger partial charge in [-0.2, -0.15) is 0 Å². The Labute approximate surface area is 236 Å². The minimum Gasteiger partial charge on any atom is -0.479 e. The minimum atomic E-state index is -3.95. The molecule has 39 heavy (non-hydrogen) atoms. The number of thiophene rings is 1. The molecule has 0 spiro atoms. The van der Waals surface area contributed by atoms with Gasteiger partial charge in [0.25, 0.3) is 0 Å². The van der Waals surface area contributed by atoms with E-state index in [-0.39, 0.29) is 31.6 Å². The van der Waals surface area contributed by atoms with Crippen LogP contribution in [0.2, 0.25) is 8.67 Å². The fourth-order valence-electron chi connectivity index (χ4n) is 4.11. The van der Waals surface area contributed by atoms with Crippen molar-refractivity contribution in [2.45, 2.75) is 11.4 Å². The number of nitrogens with zero attached hydrogens (tertiary/aromatic N) is 2. The zero-order chi connectivity index (χ0) is 27.9. The maximum Gasteiger partial charge on any atom is 0.243 e. The number of hydrogen-bond donors (Lipinski definition) is 1. The van der Waals surface area contributed by atoms with Crippen LogP contribution in [-0.4, -0.2) is 25.1 Å². The van der Waals surface area contributed by atoms with E-state index in [1.165, 1.54) is 19.2 Å². The number of benzene rings is 2. The summed E-state index contributed by atoms with van der Waals surface area (Å²) in [6.07, 6.45) is 3.43. The number of methoxy groups -OCH3 is 1. The van der Waals surface area contributed by atoms with Gasteiger partial charge in [0.1, 0.15) is 26.3 Å². The second kappa shape index (κ2) is 10.7. The molecular formula is C26H19Cl2F2N3O4S2. The number of sulfonamides is 1. The highest BCUT2D eigenvalue weighted by molar-refractivity contribution is 7.89. The number of aryl methyl sites for hydroxylation is 1. The molecule has 0 atom stereocenters. The lowest BCUT2D eigenvalue weighted by molar-refractivity contribution is 0.401. The van der Waals surface area contributed by atoms with Crippen molar-refractivity contribution in [1.82, 2.24) is 14.3 Å². The number of rotatable bonds is 8. The molecular weight excluding hydrogens is 591 g/mol. The van der Waals surface area contributed by atoms with Gasteiger partial charge >= 0.3 is 0 Å². The standard InChI is InChI=1S/C26H19Cl2F2N3O4S2/c1-33-13-18(16-7-8-31-26(36-2)24(16)33)17-9-14(12-32-39(34,35)22-11-23(27)38-25(22)28)3-5-20(17)37-21-6-4-15(29)10-19(21)30/h3-11,13,32H,12H2,1-2H3. The molecule has 3 heterocycles. The first-order valence-corrected chi connectivity index (χ1v) is 14.3. The van der Waals surface area contributed by atoms with Crippen LogP contribution >= 0.6 is 34.5 Å². The fourth-order valence-corrected chi connectivity index (χ4v) is 7.28. The van der Waals surface area contributed by atoms with Gasteiger partial charge in [-0.05, 0) is 42.0 Å². The molecule has 0 fully saturated rings. The van der Waals surface area contributed by atoms with E-state index in [1.807, 2.05) is 17.8 Å². The number of hydrogen-bond acceptors (Lipinski definition) is 6. The topological polar surface area (TPSA) is 82.4 Å². The Morgan fingerprint density at radius 2 is 1.82 bits per heavy atom. The highest BCUT2D eigenvalue weighted by Crippen LogP contribution is 2.41. The van der Waals surface area contributed by atoms with Crippen molar-refractivity contribution in [3.8, 4) is 28.5 Å². The number of pyridine rings is 1. The van der Waals surface area contributed by atoms with Gasteiger partial charge in [0, 0.05) is 48.6 Å². The molecule has 202 valence electrons. The lowest BCUT2D eigenvalue weighted by Crippen LogP contribution is -2.23. The predicted octanol–water partition coefficient (Wildman–Crippen LogP) is 7.17. The first-order valence-electron chi connectivity index (χ1n) is 11.3. The van der Waals surface area contributed by atoms with E-state index in [9.17, 15) is 17.2 Å². The van der Waals surface area contributed by atoms with Crippen LogP contribution < -0.4 is 14.2 Å². The zero-order valence-corrected chi connectivity index (χ0v) is 23.5. The highest BCUT2D eigenvalue weighted by atomic mass is 35.5. The highest BCUT2D eigenvalue weighted by Gasteiger charge is 2.22. The molecule has 0 unspecified atom stereocenters. The van der Waals surface area contributed by atoms with E-state index >= 15 is 0 Å². The van der Waals surface area contributed by atoms with Crippen LogP contribution in [0, 0.1) is 11.6 Å². The molecule has 2 aromatic carbocycles. The molecule has 0 saturated heterocycles. The monoisotopic (exact) mass is 609 g/mol. The summed E-state index contributed by atoms with van der Waals surface area (Å²) in [5, 5.41) is 0.770. The lowest BCUT2D eigenvalue weighted by Gasteiger charge is -2.14. The maximum atomic E-state index is 14.5. The molecule has 0 radical (unpaired) electrons. The second-order valence-electron chi connectivity index (χ2n) is 8.39. The van der Waals surface area contributed by atoms with Crippen LogP contribution in [-0.2, 0) is 23.6 Å². The van der Waals surface area contributed by atoms with Crippen LogP contribution in [0.15, 0.2) is 65.8 Å². The Bertz CT molecular complexity index is 1820. The largest absolute Gasteiger partial charge is 0.479 e. The quantitative estimate of drug-likeness (QED) is 0.202. The van der Waals surface area contributed by atoms with Crippen molar-refractivity contribution in [3.05, 3.63) is 86.8 Å². The van der Waals surface area contributed by atoms with Crippen molar-refractivity contribution in [2.24, 2.45) is 7.05 Å². The van der Waals surface area contributed by atoms with Crippen molar-refractivity contribution < 1.29 is 26.7 Å². The third-order valence-corrected chi connectivity index (χ3v) is 9.03.